The number of amides is 1. The van der Waals surface area contributed by atoms with Crippen LogP contribution >= 0.6 is 0 Å². The Morgan fingerprint density at radius 2 is 2.00 bits per heavy atom. The molecule has 1 fully saturated rings. The van der Waals surface area contributed by atoms with E-state index < -0.39 is 0 Å². The Hall–Kier alpha value is -2.89. The average molecular weight is 363 g/mol. The molecule has 0 N–H and O–H groups in total. The molecule has 0 unspecified atom stereocenters. The number of hydrogen-bond acceptors (Lipinski definition) is 3. The summed E-state index contributed by atoms with van der Waals surface area (Å²) in [5.41, 5.74) is 1.26. The molecule has 0 aliphatic carbocycles. The third-order valence-corrected chi connectivity index (χ3v) is 5.20. The van der Waals surface area contributed by atoms with Crippen molar-refractivity contribution in [2.45, 2.75) is 38.3 Å². The van der Waals surface area contributed by atoms with Gasteiger partial charge in [0.2, 0.25) is 5.91 Å². The Bertz CT molecular complexity index is 856. The highest BCUT2D eigenvalue weighted by atomic mass is 16.2. The summed E-state index contributed by atoms with van der Waals surface area (Å²) in [6.07, 6.45) is 10.1. The number of hydrogen-bond donors (Lipinski definition) is 0. The van der Waals surface area contributed by atoms with Gasteiger partial charge in [-0.25, -0.2) is 4.98 Å². The molecule has 0 radical (unpaired) electrons. The van der Waals surface area contributed by atoms with Gasteiger partial charge in [0, 0.05) is 63.3 Å². The first-order chi connectivity index (χ1) is 13.3. The summed E-state index contributed by atoms with van der Waals surface area (Å²) in [6.45, 7) is 3.05. The predicted molar refractivity (Wildman–Crippen MR) is 103 cm³/mol. The van der Waals surface area contributed by atoms with E-state index in [0.29, 0.717) is 18.9 Å². The van der Waals surface area contributed by atoms with E-state index in [-0.39, 0.29) is 5.91 Å². The van der Waals surface area contributed by atoms with Gasteiger partial charge in [-0.3, -0.25) is 9.48 Å². The van der Waals surface area contributed by atoms with Crippen LogP contribution in [0.2, 0.25) is 0 Å². The molecular formula is C21H25N5O. The Balaban J connectivity index is 1.40. The highest BCUT2D eigenvalue weighted by molar-refractivity contribution is 5.76. The summed E-state index contributed by atoms with van der Waals surface area (Å²) < 4.78 is 4.03. The lowest BCUT2D eigenvalue weighted by Crippen LogP contribution is -2.40. The molecule has 3 aromatic rings. The van der Waals surface area contributed by atoms with Gasteiger partial charge < -0.3 is 9.47 Å². The van der Waals surface area contributed by atoms with Gasteiger partial charge >= 0.3 is 0 Å². The van der Waals surface area contributed by atoms with E-state index in [1.807, 2.05) is 40.3 Å². The summed E-state index contributed by atoms with van der Waals surface area (Å²) in [5.74, 6) is 1.59. The molecular weight excluding hydrogens is 338 g/mol. The number of benzene rings is 1. The van der Waals surface area contributed by atoms with Crippen LogP contribution in [0.5, 0.6) is 0 Å². The van der Waals surface area contributed by atoms with Gasteiger partial charge in [0.1, 0.15) is 5.82 Å². The Labute approximate surface area is 159 Å². The average Bonchev–Trinajstić information content (AvgIpc) is 3.39. The Morgan fingerprint density at radius 3 is 2.81 bits per heavy atom. The van der Waals surface area contributed by atoms with E-state index in [4.69, 9.17) is 0 Å². The molecule has 27 heavy (non-hydrogen) atoms. The summed E-state index contributed by atoms with van der Waals surface area (Å²) in [4.78, 5) is 19.3. The Morgan fingerprint density at radius 1 is 1.11 bits per heavy atom. The summed E-state index contributed by atoms with van der Waals surface area (Å²) in [5, 5.41) is 4.17. The lowest BCUT2D eigenvalue weighted by atomic mass is 9.96. The lowest BCUT2D eigenvalue weighted by molar-refractivity contribution is -0.132. The van der Waals surface area contributed by atoms with Crippen molar-refractivity contribution < 1.29 is 4.79 Å². The van der Waals surface area contributed by atoms with Crippen LogP contribution in [0.1, 0.15) is 36.6 Å². The molecule has 1 aliphatic rings. The number of carbonyl (C=O) groups excluding carboxylic acids is 1. The molecule has 1 saturated heterocycles. The number of likely N-dealkylation sites (tertiary alicyclic amines) is 1. The highest BCUT2D eigenvalue weighted by Crippen LogP contribution is 2.26. The number of aryl methyl sites for hydroxylation is 1. The highest BCUT2D eigenvalue weighted by Gasteiger charge is 2.27. The van der Waals surface area contributed by atoms with Crippen LogP contribution in [0.15, 0.2) is 61.2 Å². The summed E-state index contributed by atoms with van der Waals surface area (Å²) in [6, 6.07) is 12.3. The van der Waals surface area contributed by atoms with Crippen LogP contribution in [0.3, 0.4) is 0 Å². The Kier molecular flexibility index (Phi) is 5.32. The minimum atomic E-state index is 0.205. The van der Waals surface area contributed by atoms with Crippen LogP contribution in [0.25, 0.3) is 0 Å². The van der Waals surface area contributed by atoms with Crippen molar-refractivity contribution >= 4 is 5.91 Å². The third kappa shape index (κ3) is 4.27. The van der Waals surface area contributed by atoms with Gasteiger partial charge in [0.15, 0.2) is 0 Å². The van der Waals surface area contributed by atoms with Crippen LogP contribution in [-0.2, 0) is 17.9 Å². The van der Waals surface area contributed by atoms with Gasteiger partial charge in [-0.2, -0.15) is 5.10 Å². The number of imidazole rings is 1. The van der Waals surface area contributed by atoms with Gasteiger partial charge in [-0.05, 0) is 24.5 Å². The minimum absolute atomic E-state index is 0.205. The van der Waals surface area contributed by atoms with Crippen molar-refractivity contribution in [2.75, 3.05) is 13.1 Å². The second kappa shape index (κ2) is 8.20. The number of piperidine rings is 1. The minimum Gasteiger partial charge on any atom is -0.342 e. The van der Waals surface area contributed by atoms with E-state index in [2.05, 4.69) is 38.9 Å². The molecule has 6 nitrogen and oxygen atoms in total. The molecule has 0 spiro atoms. The number of nitrogens with zero attached hydrogens (tertiary/aromatic N) is 5. The van der Waals surface area contributed by atoms with Crippen molar-refractivity contribution in [3.8, 4) is 0 Å². The van der Waals surface area contributed by atoms with Crippen molar-refractivity contribution in [3.05, 3.63) is 72.6 Å². The fourth-order valence-electron chi connectivity index (χ4n) is 3.81. The normalized spacial score (nSPS) is 17.2. The quantitative estimate of drug-likeness (QED) is 0.677. The molecule has 1 amide bonds. The van der Waals surface area contributed by atoms with Gasteiger partial charge in [0.25, 0.3) is 0 Å². The molecule has 3 heterocycles. The summed E-state index contributed by atoms with van der Waals surface area (Å²) >= 11 is 0. The molecule has 6 heteroatoms. The predicted octanol–water partition coefficient (Wildman–Crippen LogP) is 2.92. The molecule has 4 rings (SSSR count). The van der Waals surface area contributed by atoms with Gasteiger partial charge in [-0.15, -0.1) is 0 Å². The van der Waals surface area contributed by atoms with Crippen molar-refractivity contribution in [3.63, 3.8) is 0 Å². The van der Waals surface area contributed by atoms with Crippen LogP contribution in [-0.4, -0.2) is 43.2 Å². The zero-order valence-electron chi connectivity index (χ0n) is 15.4. The SMILES string of the molecule is O=C(CCn1cccn1)N1CCC[C@H](c2nccn2Cc2ccccc2)C1. The second-order valence-electron chi connectivity index (χ2n) is 7.10. The number of rotatable bonds is 6. The summed E-state index contributed by atoms with van der Waals surface area (Å²) in [7, 11) is 0. The van der Waals surface area contributed by atoms with Gasteiger partial charge in [0.05, 0.1) is 0 Å². The zero-order chi connectivity index (χ0) is 18.5. The van der Waals surface area contributed by atoms with E-state index in [1.165, 1.54) is 5.56 Å². The fourth-order valence-corrected chi connectivity index (χ4v) is 3.81. The molecule has 140 valence electrons. The smallest absolute Gasteiger partial charge is 0.224 e. The third-order valence-electron chi connectivity index (χ3n) is 5.20. The van der Waals surface area contributed by atoms with Crippen LogP contribution < -0.4 is 0 Å². The van der Waals surface area contributed by atoms with E-state index in [9.17, 15) is 4.79 Å². The van der Waals surface area contributed by atoms with E-state index in [1.54, 1.807) is 6.20 Å². The van der Waals surface area contributed by atoms with E-state index in [0.717, 1.165) is 38.3 Å². The van der Waals surface area contributed by atoms with Gasteiger partial charge in [-0.1, -0.05) is 30.3 Å². The first-order valence-corrected chi connectivity index (χ1v) is 9.60. The molecule has 1 aliphatic heterocycles. The standard InChI is InChI=1S/C21H25N5O/c27-20(9-14-26-13-5-10-23-26)24-12-4-8-19(17-24)21-22-11-15-25(21)16-18-6-2-1-3-7-18/h1-3,5-7,10-11,13,15,19H,4,8-9,12,14,16-17H2/t19-/m0/s1. The maximum absolute atomic E-state index is 12.6. The molecule has 0 saturated carbocycles. The molecule has 0 bridgehead atoms. The first kappa shape index (κ1) is 17.5. The molecule has 2 aromatic heterocycles. The molecule has 1 aromatic carbocycles. The topological polar surface area (TPSA) is 56.0 Å². The number of aromatic nitrogens is 4. The monoisotopic (exact) mass is 363 g/mol. The van der Waals surface area contributed by atoms with Crippen LogP contribution in [0, 0.1) is 0 Å². The molecule has 1 atom stereocenters. The maximum atomic E-state index is 12.6. The number of carbonyl (C=O) groups is 1. The van der Waals surface area contributed by atoms with Crippen molar-refractivity contribution in [2.24, 2.45) is 0 Å². The zero-order valence-corrected chi connectivity index (χ0v) is 15.4. The largest absolute Gasteiger partial charge is 0.342 e. The second-order valence-corrected chi connectivity index (χ2v) is 7.10. The van der Waals surface area contributed by atoms with Crippen LogP contribution in [0.4, 0.5) is 0 Å². The van der Waals surface area contributed by atoms with Crippen molar-refractivity contribution in [1.82, 2.24) is 24.2 Å². The van der Waals surface area contributed by atoms with Crippen molar-refractivity contribution in [1.29, 1.82) is 0 Å². The fraction of sp³-hybridized carbons (Fsp3) is 0.381. The van der Waals surface area contributed by atoms with E-state index >= 15 is 0 Å². The lowest BCUT2D eigenvalue weighted by Gasteiger charge is -2.33. The first-order valence-electron chi connectivity index (χ1n) is 9.60. The maximum Gasteiger partial charge on any atom is 0.224 e.